The van der Waals surface area contributed by atoms with Crippen molar-refractivity contribution in [1.82, 2.24) is 0 Å². The van der Waals surface area contributed by atoms with E-state index in [0.29, 0.717) is 12.1 Å². The lowest BCUT2D eigenvalue weighted by atomic mass is 9.73. The van der Waals surface area contributed by atoms with E-state index in [4.69, 9.17) is 37.9 Å². The molecule has 0 radical (unpaired) electrons. The van der Waals surface area contributed by atoms with Crippen LogP contribution in [0, 0.1) is 0 Å². The number of Topliss-reactive ketones (excluding diaryl/α,β-unsaturated/α-hetero) is 1. The molecule has 0 amide bonds. The van der Waals surface area contributed by atoms with Gasteiger partial charge in [0.05, 0.1) is 40.3 Å². The maximum atomic E-state index is 16.1. The summed E-state index contributed by atoms with van der Waals surface area (Å²) in [6, 6.07) is 3.60. The number of carbonyl (C=O) groups excluding carboxylic acids is 6. The summed E-state index contributed by atoms with van der Waals surface area (Å²) < 4.78 is 47.5. The molecule has 7 heterocycles. The molecular formula is C62H46O37. The van der Waals surface area contributed by atoms with E-state index >= 15 is 24.0 Å². The maximum Gasteiger partial charge on any atom is 0.340 e. The van der Waals surface area contributed by atoms with Gasteiger partial charge < -0.3 is 155 Å². The van der Waals surface area contributed by atoms with E-state index in [1.54, 1.807) is 0 Å². The van der Waals surface area contributed by atoms with Crippen LogP contribution in [0.4, 0.5) is 0 Å². The lowest BCUT2D eigenvalue weighted by molar-refractivity contribution is -0.311. The molecule has 7 aromatic carbocycles. The van der Waals surface area contributed by atoms with E-state index in [1.807, 2.05) is 0 Å². The van der Waals surface area contributed by atoms with Crippen molar-refractivity contribution < 1.29 is 184 Å². The lowest BCUT2D eigenvalue weighted by Gasteiger charge is -2.44. The van der Waals surface area contributed by atoms with Crippen molar-refractivity contribution in [3.63, 3.8) is 0 Å². The zero-order chi connectivity index (χ0) is 71.6. The van der Waals surface area contributed by atoms with Gasteiger partial charge in [-0.3, -0.25) is 4.79 Å². The quantitative estimate of drug-likeness (QED) is 0.0642. The van der Waals surface area contributed by atoms with Gasteiger partial charge in [-0.05, 0) is 35.9 Å². The average Bonchev–Trinajstić information content (AvgIpc) is 1.32. The molecule has 516 valence electrons. The van der Waals surface area contributed by atoms with E-state index in [1.165, 1.54) is 0 Å². The maximum absolute atomic E-state index is 16.1. The van der Waals surface area contributed by atoms with Crippen LogP contribution in [-0.4, -0.2) is 228 Å². The highest BCUT2D eigenvalue weighted by molar-refractivity contribution is 6.17. The topological polar surface area (TPSA) is 642 Å². The molecule has 1 saturated heterocycles. The molecular weight excluding hydrogens is 1340 g/mol. The van der Waals surface area contributed by atoms with E-state index < -0.39 is 321 Å². The smallest absolute Gasteiger partial charge is 0.340 e. The van der Waals surface area contributed by atoms with Gasteiger partial charge in [0.2, 0.25) is 34.5 Å². The summed E-state index contributed by atoms with van der Waals surface area (Å²) in [7, 11) is 0. The Morgan fingerprint density at radius 3 is 1.43 bits per heavy atom. The molecule has 14 rings (SSSR count). The highest BCUT2D eigenvalue weighted by Gasteiger charge is 2.59. The molecule has 99 heavy (non-hydrogen) atoms. The molecule has 0 unspecified atom stereocenters. The van der Waals surface area contributed by atoms with Crippen molar-refractivity contribution in [3.05, 3.63) is 92.5 Å². The number of rotatable bonds is 5. The Balaban J connectivity index is 1.16. The minimum absolute atomic E-state index is 0.236. The molecule has 37 heteroatoms. The Hall–Kier alpha value is -12.7. The number of aromatic hydroxyl groups is 19. The van der Waals surface area contributed by atoms with Gasteiger partial charge in [0, 0.05) is 50.6 Å². The SMILES string of the molecule is O=C1OC[C@@H]2OC(=O)c3cc(O)c(O)c(O)c3-c3c(O)c(O)c(O)c4c3C(=O)O[C@H]([C@H]3OC(=O)c5c-4c(O)c(O)c(O)c5[C@@H]3c3c(O)cc(O)c4c3O[C@H](c3ccc(O)c(O)c3)[C@@H](O[C@@H]3O[C@H](CO)[C@@H](O)[C@H](O)[C@H]3O)C4=O)[C@@H]2OC(=O)c2cc(O)c(O)c(O)c2-c2c1cc(O)c(O)c2O. The number of hydrogen-bond donors (Lipinski definition) is 23. The van der Waals surface area contributed by atoms with Crippen LogP contribution in [0.3, 0.4) is 0 Å². The van der Waals surface area contributed by atoms with Crippen LogP contribution in [0.1, 0.15) is 90.9 Å². The molecule has 7 aliphatic rings. The standard InChI is InChI=1S/C62H46O37/c63-8-21-38(74)47(83)50(86)62(94-21)99-55-46(82)27-17(67)7-16(66)26(53(27)95-51(55)10-1-2-14(64)15(65)3-10)32-31-34-30(44(80)49(85)45(31)81)29-33-28(42(78)48(84)43(29)79)25-13(6-20(70)37(73)41(25)77)58(88)93-22-9-92-57(87)11-4-18(68)35(71)39(75)23(11)24-12(5-19(69)36(72)40(24)76)59(89)96-52(22)56(98-61(33)91)54(32)97-60(34)90/h1-7,21-22,32,38,47,50-52,54-56,62-81,83-86H,8-9H2/t21-,22+,32+,38-,47+,50-,51-,52-,54+,55+,56+,62+/m1/s1. The molecule has 0 spiro atoms. The van der Waals surface area contributed by atoms with Crippen LogP contribution >= 0.6 is 0 Å². The van der Waals surface area contributed by atoms with Crippen molar-refractivity contribution in [2.24, 2.45) is 0 Å². The third-order valence-electron chi connectivity index (χ3n) is 17.6. The zero-order valence-electron chi connectivity index (χ0n) is 48.9. The van der Waals surface area contributed by atoms with Crippen molar-refractivity contribution in [2.75, 3.05) is 13.2 Å². The first-order chi connectivity index (χ1) is 46.7. The Bertz CT molecular complexity index is 4800. The van der Waals surface area contributed by atoms with Crippen LogP contribution in [0.15, 0.2) is 42.5 Å². The van der Waals surface area contributed by atoms with Crippen LogP contribution in [-0.2, 0) is 33.2 Å². The van der Waals surface area contributed by atoms with Crippen molar-refractivity contribution in [1.29, 1.82) is 0 Å². The number of aliphatic hydroxyl groups excluding tert-OH is 4. The fourth-order valence-electron chi connectivity index (χ4n) is 12.9. The van der Waals surface area contributed by atoms with Crippen LogP contribution in [0.25, 0.3) is 33.4 Å². The Labute approximate surface area is 545 Å². The molecule has 6 bridgehead atoms. The molecule has 23 N–H and O–H groups in total. The summed E-state index contributed by atoms with van der Waals surface area (Å²) in [4.78, 5) is 92.6. The second-order valence-electron chi connectivity index (χ2n) is 23.0. The highest BCUT2D eigenvalue weighted by atomic mass is 16.7. The van der Waals surface area contributed by atoms with E-state index in [-0.39, 0.29) is 12.1 Å². The first kappa shape index (κ1) is 65.0. The van der Waals surface area contributed by atoms with E-state index in [0.717, 1.165) is 18.2 Å². The normalized spacial score (nSPS) is 24.5. The number of ether oxygens (including phenoxy) is 8. The number of hydrogen-bond acceptors (Lipinski definition) is 37. The molecule has 7 aliphatic heterocycles. The Morgan fingerprint density at radius 1 is 0.384 bits per heavy atom. The Kier molecular flexibility index (Phi) is 14.9. The number of phenolic OH excluding ortho intramolecular Hbond substituents is 19. The summed E-state index contributed by atoms with van der Waals surface area (Å²) in [6.07, 6.45) is -27.6. The van der Waals surface area contributed by atoms with Crippen LogP contribution < -0.4 is 4.74 Å². The van der Waals surface area contributed by atoms with E-state index in [2.05, 4.69) is 0 Å². The predicted octanol–water partition coefficient (Wildman–Crippen LogP) is 0.740. The van der Waals surface area contributed by atoms with Crippen molar-refractivity contribution >= 4 is 35.6 Å². The number of aliphatic hydroxyl groups is 4. The fourth-order valence-corrected chi connectivity index (χ4v) is 12.9. The third-order valence-corrected chi connectivity index (χ3v) is 17.6. The van der Waals surface area contributed by atoms with E-state index in [9.17, 15) is 122 Å². The van der Waals surface area contributed by atoms with Gasteiger partial charge >= 0.3 is 29.8 Å². The fraction of sp³-hybridized carbons (Fsp3) is 0.226. The number of benzene rings is 7. The second-order valence-corrected chi connectivity index (χ2v) is 23.0. The molecule has 0 saturated carbocycles. The minimum atomic E-state index is -3.20. The van der Waals surface area contributed by atoms with Crippen LogP contribution in [0.2, 0.25) is 0 Å². The molecule has 0 aromatic heterocycles. The minimum Gasteiger partial charge on any atom is -0.507 e. The molecule has 37 nitrogen and oxygen atoms in total. The van der Waals surface area contributed by atoms with Gasteiger partial charge in [-0.25, -0.2) is 24.0 Å². The summed E-state index contributed by atoms with van der Waals surface area (Å²) >= 11 is 0. The van der Waals surface area contributed by atoms with Gasteiger partial charge in [-0.1, -0.05) is 6.07 Å². The number of phenols is 19. The van der Waals surface area contributed by atoms with Crippen LogP contribution in [0.5, 0.6) is 115 Å². The first-order valence-corrected chi connectivity index (χ1v) is 28.5. The number of fused-ring (bicyclic) bond motifs is 8. The summed E-state index contributed by atoms with van der Waals surface area (Å²) in [6.45, 7) is -2.82. The summed E-state index contributed by atoms with van der Waals surface area (Å²) in [5, 5.41) is 262. The van der Waals surface area contributed by atoms with Gasteiger partial charge in [-0.2, -0.15) is 0 Å². The number of esters is 5. The van der Waals surface area contributed by atoms with Gasteiger partial charge in [0.1, 0.15) is 53.8 Å². The molecule has 1 fully saturated rings. The third kappa shape index (κ3) is 9.38. The largest absolute Gasteiger partial charge is 0.507 e. The summed E-state index contributed by atoms with van der Waals surface area (Å²) in [5.41, 5.74) is -20.0. The van der Waals surface area contributed by atoms with Crippen molar-refractivity contribution in [2.45, 2.75) is 73.2 Å². The number of ketones is 1. The average molecular weight is 1380 g/mol. The molecule has 12 atom stereocenters. The highest BCUT2D eigenvalue weighted by Crippen LogP contribution is 2.65. The molecule has 0 aliphatic carbocycles. The van der Waals surface area contributed by atoms with Gasteiger partial charge in [-0.15, -0.1) is 0 Å². The van der Waals surface area contributed by atoms with Gasteiger partial charge in [0.25, 0.3) is 0 Å². The summed E-state index contributed by atoms with van der Waals surface area (Å²) in [5.74, 6) is -45.7. The zero-order valence-corrected chi connectivity index (χ0v) is 48.9. The Morgan fingerprint density at radius 2 is 0.869 bits per heavy atom. The second kappa shape index (κ2) is 22.7. The molecule has 7 aromatic rings. The monoisotopic (exact) mass is 1380 g/mol. The predicted molar refractivity (Wildman–Crippen MR) is 309 cm³/mol. The lowest BCUT2D eigenvalue weighted by Crippen LogP contribution is -2.60. The number of carbonyl (C=O) groups is 6. The number of cyclic esters (lactones) is 1. The first-order valence-electron chi connectivity index (χ1n) is 28.5. The van der Waals surface area contributed by atoms with Crippen molar-refractivity contribution in [3.8, 4) is 148 Å². The van der Waals surface area contributed by atoms with Gasteiger partial charge in [0.15, 0.2) is 112 Å².